The van der Waals surface area contributed by atoms with Crippen LogP contribution < -0.4 is 5.32 Å². The molecule has 0 aliphatic heterocycles. The Labute approximate surface area is 133 Å². The molecular formula is C17H18N4O2. The van der Waals surface area contributed by atoms with Crippen molar-refractivity contribution in [2.75, 3.05) is 0 Å². The number of carbonyl (C=O) groups excluding carboxylic acids is 1. The van der Waals surface area contributed by atoms with E-state index in [0.29, 0.717) is 24.6 Å². The highest BCUT2D eigenvalue weighted by Gasteiger charge is 2.10. The largest absolute Gasteiger partial charge is 0.467 e. The molecule has 0 saturated heterocycles. The standard InChI is InChI=1S/C17H18N4O2/c1-12-4-2-5-13(8-12)9-15-19-16(21-20-15)10-17(22)18-11-14-6-3-7-23-14/h2-8H,9-11H2,1H3,(H,18,22)(H,19,20,21). The highest BCUT2D eigenvalue weighted by atomic mass is 16.3. The number of amides is 1. The Bertz CT molecular complexity index is 778. The van der Waals surface area contributed by atoms with Gasteiger partial charge in [0.05, 0.1) is 19.2 Å². The fourth-order valence-corrected chi connectivity index (χ4v) is 2.31. The molecule has 0 bridgehead atoms. The summed E-state index contributed by atoms with van der Waals surface area (Å²) < 4.78 is 5.16. The smallest absolute Gasteiger partial charge is 0.228 e. The van der Waals surface area contributed by atoms with Gasteiger partial charge in [0.15, 0.2) is 5.82 Å². The fraction of sp³-hybridized carbons (Fsp3) is 0.235. The third-order valence-corrected chi connectivity index (χ3v) is 3.39. The van der Waals surface area contributed by atoms with E-state index in [1.54, 1.807) is 12.3 Å². The van der Waals surface area contributed by atoms with Crippen molar-refractivity contribution in [2.45, 2.75) is 26.3 Å². The van der Waals surface area contributed by atoms with E-state index in [2.05, 4.69) is 39.6 Å². The van der Waals surface area contributed by atoms with Gasteiger partial charge in [0.1, 0.15) is 11.6 Å². The van der Waals surface area contributed by atoms with Gasteiger partial charge in [-0.1, -0.05) is 29.8 Å². The van der Waals surface area contributed by atoms with E-state index >= 15 is 0 Å². The summed E-state index contributed by atoms with van der Waals surface area (Å²) in [6.45, 7) is 2.42. The molecule has 3 aromatic rings. The van der Waals surface area contributed by atoms with E-state index in [-0.39, 0.29) is 12.3 Å². The number of nitrogens with zero attached hydrogens (tertiary/aromatic N) is 2. The Hall–Kier alpha value is -2.89. The van der Waals surface area contributed by atoms with Crippen molar-refractivity contribution < 1.29 is 9.21 Å². The first-order chi connectivity index (χ1) is 11.2. The van der Waals surface area contributed by atoms with Crippen LogP contribution in [-0.2, 0) is 24.2 Å². The average Bonchev–Trinajstić information content (AvgIpc) is 3.17. The third kappa shape index (κ3) is 4.29. The predicted molar refractivity (Wildman–Crippen MR) is 84.6 cm³/mol. The first-order valence-electron chi connectivity index (χ1n) is 7.44. The number of aryl methyl sites for hydroxylation is 1. The van der Waals surface area contributed by atoms with Gasteiger partial charge in [-0.2, -0.15) is 5.10 Å². The molecule has 6 nitrogen and oxygen atoms in total. The van der Waals surface area contributed by atoms with Crippen LogP contribution in [0.5, 0.6) is 0 Å². The minimum absolute atomic E-state index is 0.137. The SMILES string of the molecule is Cc1cccc(Cc2nc(CC(=O)NCc3ccco3)n[nH]2)c1. The van der Waals surface area contributed by atoms with Crippen LogP contribution in [0.25, 0.3) is 0 Å². The Morgan fingerprint density at radius 3 is 3.00 bits per heavy atom. The number of H-pyrrole nitrogens is 1. The van der Waals surface area contributed by atoms with Crippen molar-refractivity contribution in [2.24, 2.45) is 0 Å². The number of hydrogen-bond acceptors (Lipinski definition) is 4. The van der Waals surface area contributed by atoms with E-state index in [9.17, 15) is 4.79 Å². The van der Waals surface area contributed by atoms with Crippen molar-refractivity contribution in [3.63, 3.8) is 0 Å². The molecule has 1 amide bonds. The number of rotatable bonds is 6. The van der Waals surface area contributed by atoms with Crippen LogP contribution in [0, 0.1) is 6.92 Å². The normalized spacial score (nSPS) is 10.7. The summed E-state index contributed by atoms with van der Waals surface area (Å²) in [4.78, 5) is 16.2. The van der Waals surface area contributed by atoms with E-state index in [1.165, 1.54) is 5.56 Å². The maximum absolute atomic E-state index is 11.9. The predicted octanol–water partition coefficient (Wildman–Crippen LogP) is 2.16. The maximum atomic E-state index is 11.9. The molecule has 118 valence electrons. The second kappa shape index (κ2) is 6.91. The zero-order chi connectivity index (χ0) is 16.1. The minimum atomic E-state index is -0.137. The van der Waals surface area contributed by atoms with E-state index < -0.39 is 0 Å². The molecular weight excluding hydrogens is 292 g/mol. The second-order valence-corrected chi connectivity index (χ2v) is 5.40. The number of aromatic nitrogens is 3. The molecule has 0 saturated carbocycles. The van der Waals surface area contributed by atoms with E-state index in [4.69, 9.17) is 4.42 Å². The highest BCUT2D eigenvalue weighted by Crippen LogP contribution is 2.08. The highest BCUT2D eigenvalue weighted by molar-refractivity contribution is 5.77. The average molecular weight is 310 g/mol. The van der Waals surface area contributed by atoms with Crippen molar-refractivity contribution in [1.29, 1.82) is 0 Å². The Kier molecular flexibility index (Phi) is 4.52. The van der Waals surface area contributed by atoms with Crippen LogP contribution in [-0.4, -0.2) is 21.1 Å². The van der Waals surface area contributed by atoms with Gasteiger partial charge in [-0.3, -0.25) is 9.89 Å². The molecule has 2 heterocycles. The molecule has 0 radical (unpaired) electrons. The summed E-state index contributed by atoms with van der Waals surface area (Å²) in [5.74, 6) is 1.82. The molecule has 0 aliphatic rings. The molecule has 0 atom stereocenters. The summed E-state index contributed by atoms with van der Waals surface area (Å²) in [6, 6.07) is 11.8. The Morgan fingerprint density at radius 2 is 2.22 bits per heavy atom. The van der Waals surface area contributed by atoms with Crippen LogP contribution in [0.4, 0.5) is 0 Å². The van der Waals surface area contributed by atoms with E-state index in [0.717, 1.165) is 11.4 Å². The molecule has 0 unspecified atom stereocenters. The number of aromatic amines is 1. The second-order valence-electron chi connectivity index (χ2n) is 5.40. The van der Waals surface area contributed by atoms with Gasteiger partial charge in [0, 0.05) is 6.42 Å². The lowest BCUT2D eigenvalue weighted by atomic mass is 10.1. The molecule has 3 rings (SSSR count). The lowest BCUT2D eigenvalue weighted by Gasteiger charge is -2.00. The third-order valence-electron chi connectivity index (χ3n) is 3.39. The number of furan rings is 1. The first-order valence-corrected chi connectivity index (χ1v) is 7.44. The zero-order valence-electron chi connectivity index (χ0n) is 12.9. The fourth-order valence-electron chi connectivity index (χ4n) is 2.31. The molecule has 6 heteroatoms. The maximum Gasteiger partial charge on any atom is 0.228 e. The van der Waals surface area contributed by atoms with Crippen LogP contribution in [0.15, 0.2) is 47.1 Å². The molecule has 0 spiro atoms. The van der Waals surface area contributed by atoms with Gasteiger partial charge in [-0.25, -0.2) is 4.98 Å². The number of nitrogens with one attached hydrogen (secondary N) is 2. The summed E-state index contributed by atoms with van der Waals surface area (Å²) in [7, 11) is 0. The Balaban J connectivity index is 1.53. The van der Waals surface area contributed by atoms with Crippen molar-refractivity contribution in [3.05, 3.63) is 71.2 Å². The lowest BCUT2D eigenvalue weighted by molar-refractivity contribution is -0.120. The van der Waals surface area contributed by atoms with Crippen LogP contribution >= 0.6 is 0 Å². The van der Waals surface area contributed by atoms with Crippen molar-refractivity contribution in [1.82, 2.24) is 20.5 Å². The molecule has 23 heavy (non-hydrogen) atoms. The summed E-state index contributed by atoms with van der Waals surface area (Å²) in [5, 5.41) is 9.76. The van der Waals surface area contributed by atoms with E-state index in [1.807, 2.05) is 18.2 Å². The number of benzene rings is 1. The quantitative estimate of drug-likeness (QED) is 0.731. The van der Waals surface area contributed by atoms with Gasteiger partial charge in [-0.15, -0.1) is 0 Å². The summed E-state index contributed by atoms with van der Waals surface area (Å²) in [5.41, 5.74) is 2.37. The Morgan fingerprint density at radius 1 is 1.30 bits per heavy atom. The van der Waals surface area contributed by atoms with Gasteiger partial charge in [-0.05, 0) is 24.6 Å². The summed E-state index contributed by atoms with van der Waals surface area (Å²) >= 11 is 0. The van der Waals surface area contributed by atoms with Crippen molar-refractivity contribution >= 4 is 5.91 Å². The van der Waals surface area contributed by atoms with Crippen LogP contribution in [0.1, 0.15) is 28.5 Å². The van der Waals surface area contributed by atoms with Crippen molar-refractivity contribution in [3.8, 4) is 0 Å². The van der Waals surface area contributed by atoms with Gasteiger partial charge >= 0.3 is 0 Å². The van der Waals surface area contributed by atoms with Crippen LogP contribution in [0.3, 0.4) is 0 Å². The molecule has 2 aromatic heterocycles. The van der Waals surface area contributed by atoms with Gasteiger partial charge in [0.25, 0.3) is 0 Å². The van der Waals surface area contributed by atoms with Gasteiger partial charge < -0.3 is 9.73 Å². The molecule has 1 aromatic carbocycles. The summed E-state index contributed by atoms with van der Waals surface area (Å²) in [6.07, 6.45) is 2.39. The minimum Gasteiger partial charge on any atom is -0.467 e. The lowest BCUT2D eigenvalue weighted by Crippen LogP contribution is -2.24. The monoisotopic (exact) mass is 310 g/mol. The topological polar surface area (TPSA) is 83.8 Å². The number of carbonyl (C=O) groups is 1. The van der Waals surface area contributed by atoms with Crippen LogP contribution in [0.2, 0.25) is 0 Å². The first kappa shape index (κ1) is 15.0. The van der Waals surface area contributed by atoms with Gasteiger partial charge in [0.2, 0.25) is 5.91 Å². The number of hydrogen-bond donors (Lipinski definition) is 2. The molecule has 2 N–H and O–H groups in total. The molecule has 0 aliphatic carbocycles. The molecule has 0 fully saturated rings. The zero-order valence-corrected chi connectivity index (χ0v) is 12.9.